The summed E-state index contributed by atoms with van der Waals surface area (Å²) in [6.07, 6.45) is 1.99. The van der Waals surface area contributed by atoms with E-state index in [2.05, 4.69) is 4.90 Å². The summed E-state index contributed by atoms with van der Waals surface area (Å²) >= 11 is 0. The van der Waals surface area contributed by atoms with Gasteiger partial charge in [-0.25, -0.2) is 0 Å². The Morgan fingerprint density at radius 2 is 1.93 bits per heavy atom. The Kier molecular flexibility index (Phi) is 3.67. The first-order valence-electron chi connectivity index (χ1n) is 5.34. The molecule has 1 aliphatic heterocycles. The summed E-state index contributed by atoms with van der Waals surface area (Å²) in [5.41, 5.74) is -0.567. The summed E-state index contributed by atoms with van der Waals surface area (Å²) in [7, 11) is 0. The van der Waals surface area contributed by atoms with Crippen LogP contribution in [-0.4, -0.2) is 41.0 Å². The van der Waals surface area contributed by atoms with Crippen LogP contribution in [0.15, 0.2) is 0 Å². The predicted molar refractivity (Wildman–Crippen MR) is 56.1 cm³/mol. The molecule has 1 heterocycles. The first-order valence-corrected chi connectivity index (χ1v) is 5.34. The largest absolute Gasteiger partial charge is 0.390 e. The Morgan fingerprint density at radius 1 is 1.43 bits per heavy atom. The summed E-state index contributed by atoms with van der Waals surface area (Å²) in [5.74, 6) is 0.609. The van der Waals surface area contributed by atoms with Crippen molar-refractivity contribution in [1.29, 1.82) is 0 Å². The third-order valence-corrected chi connectivity index (χ3v) is 3.03. The number of hydrogen-bond donors (Lipinski definition) is 1. The highest BCUT2D eigenvalue weighted by molar-refractivity contribution is 5.77. The number of Topliss-reactive ketones (excluding diaryl/α,β-unsaturated/α-hetero) is 1. The van der Waals surface area contributed by atoms with Gasteiger partial charge in [0.2, 0.25) is 0 Å². The van der Waals surface area contributed by atoms with Gasteiger partial charge in [0.1, 0.15) is 5.78 Å². The lowest BCUT2D eigenvalue weighted by molar-refractivity contribution is -0.118. The Hall–Kier alpha value is -0.410. The summed E-state index contributed by atoms with van der Waals surface area (Å²) in [6.45, 7) is 7.82. The molecule has 3 heteroatoms. The molecule has 0 aromatic rings. The molecule has 3 nitrogen and oxygen atoms in total. The maximum atomic E-state index is 10.9. The van der Waals surface area contributed by atoms with Gasteiger partial charge in [-0.2, -0.15) is 0 Å². The summed E-state index contributed by atoms with van der Waals surface area (Å²) in [5, 5.41) is 9.83. The van der Waals surface area contributed by atoms with Crippen molar-refractivity contribution >= 4 is 5.78 Å². The second kappa shape index (κ2) is 4.41. The van der Waals surface area contributed by atoms with Crippen molar-refractivity contribution in [3.8, 4) is 0 Å². The van der Waals surface area contributed by atoms with Crippen LogP contribution in [0.1, 0.15) is 33.6 Å². The Morgan fingerprint density at radius 3 is 2.29 bits per heavy atom. The van der Waals surface area contributed by atoms with Crippen molar-refractivity contribution in [2.24, 2.45) is 5.92 Å². The fraction of sp³-hybridized carbons (Fsp3) is 0.909. The molecule has 1 saturated heterocycles. The molecule has 82 valence electrons. The van der Waals surface area contributed by atoms with Crippen LogP contribution in [0, 0.1) is 5.92 Å². The van der Waals surface area contributed by atoms with Crippen molar-refractivity contribution in [3.63, 3.8) is 0 Å². The number of rotatable bonds is 3. The Balaban J connectivity index is 2.35. The highest BCUT2D eigenvalue weighted by Crippen LogP contribution is 2.27. The van der Waals surface area contributed by atoms with Gasteiger partial charge in [0.05, 0.1) is 12.1 Å². The maximum absolute atomic E-state index is 10.9. The van der Waals surface area contributed by atoms with Gasteiger partial charge in [-0.05, 0) is 52.6 Å². The fourth-order valence-corrected chi connectivity index (χ4v) is 2.11. The van der Waals surface area contributed by atoms with Crippen molar-refractivity contribution in [2.75, 3.05) is 19.6 Å². The SMILES string of the molecule is CC(=O)CN1CCC(C(C)(C)O)CC1. The minimum atomic E-state index is -0.567. The zero-order valence-corrected chi connectivity index (χ0v) is 9.42. The van der Waals surface area contributed by atoms with E-state index in [9.17, 15) is 9.90 Å². The standard InChI is InChI=1S/C11H21NO2/c1-9(13)8-12-6-4-10(5-7-12)11(2,3)14/h10,14H,4-8H2,1-3H3. The van der Waals surface area contributed by atoms with Gasteiger partial charge in [-0.3, -0.25) is 9.69 Å². The number of piperidine rings is 1. The second-order valence-corrected chi connectivity index (χ2v) is 4.91. The van der Waals surface area contributed by atoms with Crippen LogP contribution in [0.3, 0.4) is 0 Å². The van der Waals surface area contributed by atoms with Gasteiger partial charge in [0.25, 0.3) is 0 Å². The molecule has 0 aliphatic carbocycles. The van der Waals surface area contributed by atoms with E-state index in [-0.39, 0.29) is 5.78 Å². The molecule has 1 N–H and O–H groups in total. The van der Waals surface area contributed by atoms with E-state index < -0.39 is 5.60 Å². The average Bonchev–Trinajstić information content (AvgIpc) is 2.02. The Labute approximate surface area is 86.1 Å². The van der Waals surface area contributed by atoms with Crippen molar-refractivity contribution in [3.05, 3.63) is 0 Å². The normalized spacial score (nSPS) is 21.1. The minimum Gasteiger partial charge on any atom is -0.390 e. The van der Waals surface area contributed by atoms with Crippen molar-refractivity contribution in [2.45, 2.75) is 39.2 Å². The summed E-state index contributed by atoms with van der Waals surface area (Å²) in [4.78, 5) is 13.1. The van der Waals surface area contributed by atoms with E-state index in [0.717, 1.165) is 25.9 Å². The van der Waals surface area contributed by atoms with E-state index in [1.807, 2.05) is 13.8 Å². The summed E-state index contributed by atoms with van der Waals surface area (Å²) in [6, 6.07) is 0. The number of ketones is 1. The molecule has 0 bridgehead atoms. The van der Waals surface area contributed by atoms with Gasteiger partial charge in [-0.1, -0.05) is 0 Å². The van der Waals surface area contributed by atoms with Crippen LogP contribution in [0.25, 0.3) is 0 Å². The number of hydrogen-bond acceptors (Lipinski definition) is 3. The topological polar surface area (TPSA) is 40.5 Å². The first kappa shape index (κ1) is 11.7. The molecule has 0 aromatic carbocycles. The number of carbonyl (C=O) groups is 1. The molecule has 0 amide bonds. The molecule has 0 atom stereocenters. The zero-order chi connectivity index (χ0) is 10.8. The van der Waals surface area contributed by atoms with E-state index in [1.54, 1.807) is 6.92 Å². The van der Waals surface area contributed by atoms with E-state index in [1.165, 1.54) is 0 Å². The average molecular weight is 199 g/mol. The zero-order valence-electron chi connectivity index (χ0n) is 9.42. The number of nitrogens with zero attached hydrogens (tertiary/aromatic N) is 1. The van der Waals surface area contributed by atoms with Crippen molar-refractivity contribution < 1.29 is 9.90 Å². The lowest BCUT2D eigenvalue weighted by Crippen LogP contribution is -2.43. The van der Waals surface area contributed by atoms with Crippen LogP contribution < -0.4 is 0 Å². The molecule has 1 rings (SSSR count). The maximum Gasteiger partial charge on any atom is 0.143 e. The van der Waals surface area contributed by atoms with E-state index in [0.29, 0.717) is 12.5 Å². The quantitative estimate of drug-likeness (QED) is 0.739. The van der Waals surface area contributed by atoms with Gasteiger partial charge < -0.3 is 5.11 Å². The number of carbonyl (C=O) groups excluding carboxylic acids is 1. The van der Waals surface area contributed by atoms with Crippen LogP contribution in [0.5, 0.6) is 0 Å². The smallest absolute Gasteiger partial charge is 0.143 e. The lowest BCUT2D eigenvalue weighted by Gasteiger charge is -2.37. The monoisotopic (exact) mass is 199 g/mol. The molecular weight excluding hydrogens is 178 g/mol. The number of aliphatic hydroxyl groups is 1. The van der Waals surface area contributed by atoms with E-state index in [4.69, 9.17) is 0 Å². The van der Waals surface area contributed by atoms with Crippen LogP contribution >= 0.6 is 0 Å². The molecule has 0 spiro atoms. The summed E-state index contributed by atoms with van der Waals surface area (Å²) < 4.78 is 0. The molecule has 0 unspecified atom stereocenters. The fourth-order valence-electron chi connectivity index (χ4n) is 2.11. The molecule has 1 fully saturated rings. The highest BCUT2D eigenvalue weighted by atomic mass is 16.3. The minimum absolute atomic E-state index is 0.228. The Bertz CT molecular complexity index is 200. The molecule has 14 heavy (non-hydrogen) atoms. The lowest BCUT2D eigenvalue weighted by atomic mass is 9.83. The van der Waals surface area contributed by atoms with Crippen LogP contribution in [0.2, 0.25) is 0 Å². The third-order valence-electron chi connectivity index (χ3n) is 3.03. The van der Waals surface area contributed by atoms with E-state index >= 15 is 0 Å². The molecular formula is C11H21NO2. The van der Waals surface area contributed by atoms with Gasteiger partial charge in [0, 0.05) is 0 Å². The second-order valence-electron chi connectivity index (χ2n) is 4.91. The third kappa shape index (κ3) is 3.39. The molecule has 1 aliphatic rings. The number of likely N-dealkylation sites (tertiary alicyclic amines) is 1. The first-order chi connectivity index (χ1) is 6.39. The van der Waals surface area contributed by atoms with Gasteiger partial charge in [0.15, 0.2) is 0 Å². The van der Waals surface area contributed by atoms with Gasteiger partial charge in [-0.15, -0.1) is 0 Å². The predicted octanol–water partition coefficient (Wildman–Crippen LogP) is 1.06. The molecule has 0 aromatic heterocycles. The highest BCUT2D eigenvalue weighted by Gasteiger charge is 2.30. The van der Waals surface area contributed by atoms with Gasteiger partial charge >= 0.3 is 0 Å². The molecule has 0 radical (unpaired) electrons. The van der Waals surface area contributed by atoms with Crippen LogP contribution in [0.4, 0.5) is 0 Å². The van der Waals surface area contributed by atoms with Crippen LogP contribution in [-0.2, 0) is 4.79 Å². The molecule has 0 saturated carbocycles. The van der Waals surface area contributed by atoms with Crippen molar-refractivity contribution in [1.82, 2.24) is 4.90 Å².